The maximum atomic E-state index is 13.3. The Morgan fingerprint density at radius 1 is 1.26 bits per heavy atom. The van der Waals surface area contributed by atoms with Crippen LogP contribution in [0.4, 0.5) is 9.52 Å². The lowest BCUT2D eigenvalue weighted by atomic mass is 10.3. The lowest BCUT2D eigenvalue weighted by Crippen LogP contribution is -2.43. The molecule has 4 rings (SSSR count). The summed E-state index contributed by atoms with van der Waals surface area (Å²) < 4.78 is 24.8. The molecule has 1 aliphatic heterocycles. The van der Waals surface area contributed by atoms with Crippen LogP contribution in [0.15, 0.2) is 41.3 Å². The lowest BCUT2D eigenvalue weighted by Gasteiger charge is -2.29. The van der Waals surface area contributed by atoms with Crippen LogP contribution in [-0.4, -0.2) is 68.0 Å². The van der Waals surface area contributed by atoms with Gasteiger partial charge in [-0.15, -0.1) is 11.8 Å². The fraction of sp³-hybridized carbons (Fsp3) is 0.417. The molecule has 10 heteroatoms. The van der Waals surface area contributed by atoms with E-state index in [1.807, 2.05) is 0 Å². The number of ether oxygens (including phenoxy) is 2. The van der Waals surface area contributed by atoms with Gasteiger partial charge in [-0.3, -0.25) is 14.6 Å². The highest BCUT2D eigenvalue weighted by molar-refractivity contribution is 7.99. The van der Waals surface area contributed by atoms with Crippen LogP contribution >= 0.6 is 34.7 Å². The Labute approximate surface area is 212 Å². The van der Waals surface area contributed by atoms with Crippen molar-refractivity contribution in [3.63, 3.8) is 0 Å². The minimum atomic E-state index is -0.247. The normalized spacial score (nSPS) is 14.4. The summed E-state index contributed by atoms with van der Waals surface area (Å²) in [6, 6.07) is 10.0. The van der Waals surface area contributed by atoms with Gasteiger partial charge in [0.2, 0.25) is 5.91 Å². The maximum Gasteiger partial charge on any atom is 0.228 e. The number of amides is 1. The molecule has 6 nitrogen and oxygen atoms in total. The highest BCUT2D eigenvalue weighted by atomic mass is 35.5. The Balaban J connectivity index is 1.45. The molecule has 1 saturated heterocycles. The molecule has 2 heterocycles. The summed E-state index contributed by atoms with van der Waals surface area (Å²) in [7, 11) is 1.60. The zero-order valence-corrected chi connectivity index (χ0v) is 21.4. The topological polar surface area (TPSA) is 54.9 Å². The molecule has 0 bridgehead atoms. The van der Waals surface area contributed by atoms with E-state index < -0.39 is 0 Å². The highest BCUT2D eigenvalue weighted by Crippen LogP contribution is 2.39. The van der Waals surface area contributed by atoms with Gasteiger partial charge < -0.3 is 9.47 Å². The molecule has 3 aromatic rings. The van der Waals surface area contributed by atoms with Crippen molar-refractivity contribution in [2.45, 2.75) is 17.7 Å². The van der Waals surface area contributed by atoms with Gasteiger partial charge in [0.05, 0.1) is 30.0 Å². The summed E-state index contributed by atoms with van der Waals surface area (Å²) in [5.74, 6) is 1.19. The van der Waals surface area contributed by atoms with Crippen molar-refractivity contribution in [3.05, 3.63) is 47.2 Å². The predicted octanol–water partition coefficient (Wildman–Crippen LogP) is 5.34. The first-order valence-corrected chi connectivity index (χ1v) is 13.3. The Kier molecular flexibility index (Phi) is 9.02. The molecule has 0 atom stereocenters. The number of carbonyl (C=O) groups excluding carboxylic acids is 1. The molecule has 1 aliphatic rings. The van der Waals surface area contributed by atoms with E-state index in [0.717, 1.165) is 35.0 Å². The first-order valence-electron chi connectivity index (χ1n) is 11.2. The van der Waals surface area contributed by atoms with Crippen LogP contribution in [0.25, 0.3) is 10.2 Å². The van der Waals surface area contributed by atoms with Crippen molar-refractivity contribution >= 4 is 56.0 Å². The number of methoxy groups -OCH3 is 1. The van der Waals surface area contributed by atoms with Gasteiger partial charge in [0.25, 0.3) is 0 Å². The van der Waals surface area contributed by atoms with Crippen LogP contribution in [0.5, 0.6) is 5.75 Å². The van der Waals surface area contributed by atoms with E-state index in [1.165, 1.54) is 23.5 Å². The van der Waals surface area contributed by atoms with Gasteiger partial charge in [-0.25, -0.2) is 9.37 Å². The Hall–Kier alpha value is -1.91. The van der Waals surface area contributed by atoms with E-state index in [9.17, 15) is 9.18 Å². The fourth-order valence-corrected chi connectivity index (χ4v) is 5.85. The van der Waals surface area contributed by atoms with Crippen molar-refractivity contribution in [2.75, 3.05) is 57.2 Å². The molecule has 1 amide bonds. The van der Waals surface area contributed by atoms with E-state index in [0.29, 0.717) is 54.0 Å². The number of rotatable bonds is 10. The summed E-state index contributed by atoms with van der Waals surface area (Å²) >= 11 is 9.45. The Bertz CT molecular complexity index is 1110. The Morgan fingerprint density at radius 3 is 2.76 bits per heavy atom. The summed E-state index contributed by atoms with van der Waals surface area (Å²) in [5, 5.41) is 1.22. The number of thioether (sulfide) groups is 1. The summed E-state index contributed by atoms with van der Waals surface area (Å²) in [6.07, 6.45) is 1.11. The molecule has 0 spiro atoms. The fourth-order valence-electron chi connectivity index (χ4n) is 3.69. The van der Waals surface area contributed by atoms with Crippen LogP contribution in [0.2, 0.25) is 5.02 Å². The first-order chi connectivity index (χ1) is 16.5. The van der Waals surface area contributed by atoms with Crippen molar-refractivity contribution in [1.29, 1.82) is 0 Å². The minimum Gasteiger partial charge on any atom is -0.494 e. The number of hydrogen-bond acceptors (Lipinski definition) is 7. The van der Waals surface area contributed by atoms with Gasteiger partial charge in [0.1, 0.15) is 17.1 Å². The van der Waals surface area contributed by atoms with Crippen molar-refractivity contribution in [2.24, 2.45) is 0 Å². The first kappa shape index (κ1) is 25.2. The molecule has 182 valence electrons. The zero-order chi connectivity index (χ0) is 23.9. The van der Waals surface area contributed by atoms with Crippen LogP contribution in [0.3, 0.4) is 0 Å². The largest absolute Gasteiger partial charge is 0.494 e. The van der Waals surface area contributed by atoms with Gasteiger partial charge >= 0.3 is 0 Å². The summed E-state index contributed by atoms with van der Waals surface area (Å²) in [4.78, 5) is 23.1. The van der Waals surface area contributed by atoms with E-state index in [2.05, 4.69) is 4.90 Å². The van der Waals surface area contributed by atoms with Crippen LogP contribution in [-0.2, 0) is 9.53 Å². The number of fused-ring (bicyclic) bond motifs is 1. The Morgan fingerprint density at radius 2 is 2.03 bits per heavy atom. The van der Waals surface area contributed by atoms with Gasteiger partial charge in [0.15, 0.2) is 5.13 Å². The molecule has 0 unspecified atom stereocenters. The molecule has 0 N–H and O–H groups in total. The number of thiazole rings is 1. The van der Waals surface area contributed by atoms with E-state index in [1.54, 1.807) is 48.0 Å². The molecular weight excluding hydrogens is 497 g/mol. The van der Waals surface area contributed by atoms with Gasteiger partial charge in [0, 0.05) is 37.5 Å². The molecular formula is C24H27ClFN3O3S2. The second-order valence-corrected chi connectivity index (χ2v) is 10.4. The quantitative estimate of drug-likeness (QED) is 0.264. The molecule has 0 aliphatic carbocycles. The number of nitrogens with zero attached hydrogens (tertiary/aromatic N) is 3. The monoisotopic (exact) mass is 523 g/mol. The molecule has 0 radical (unpaired) electrons. The van der Waals surface area contributed by atoms with Crippen molar-refractivity contribution in [3.8, 4) is 5.75 Å². The average molecular weight is 524 g/mol. The highest BCUT2D eigenvalue weighted by Gasteiger charge is 2.23. The van der Waals surface area contributed by atoms with Gasteiger partial charge in [-0.1, -0.05) is 22.9 Å². The van der Waals surface area contributed by atoms with E-state index in [4.69, 9.17) is 26.1 Å². The SMILES string of the molecule is COc1ccc(Cl)c2sc(N(CCN3CCOCC3)C(=O)CCCSc3ccc(F)cc3)nc12. The average Bonchev–Trinajstić information content (AvgIpc) is 3.30. The standard InChI is InChI=1S/C24H27ClFN3O3S2/c1-31-20-9-8-19(25)23-22(20)27-24(34-23)29(11-10-28-12-14-32-15-13-28)21(30)3-2-16-33-18-6-4-17(26)5-7-18/h4-9H,2-3,10-16H2,1H3. The van der Waals surface area contributed by atoms with Crippen LogP contribution in [0.1, 0.15) is 12.8 Å². The number of morpholine rings is 1. The lowest BCUT2D eigenvalue weighted by molar-refractivity contribution is -0.118. The number of hydrogen-bond donors (Lipinski definition) is 0. The number of anilines is 1. The molecule has 1 fully saturated rings. The van der Waals surface area contributed by atoms with Crippen molar-refractivity contribution < 1.29 is 18.7 Å². The smallest absolute Gasteiger partial charge is 0.228 e. The van der Waals surface area contributed by atoms with Crippen molar-refractivity contribution in [1.82, 2.24) is 9.88 Å². The third-order valence-corrected chi connectivity index (χ3v) is 8.20. The molecule has 1 aromatic heterocycles. The van der Waals surface area contributed by atoms with Crippen LogP contribution in [0, 0.1) is 5.82 Å². The van der Waals surface area contributed by atoms with Gasteiger partial charge in [-0.05, 0) is 48.6 Å². The third-order valence-electron chi connectivity index (χ3n) is 5.56. The van der Waals surface area contributed by atoms with Gasteiger partial charge in [-0.2, -0.15) is 0 Å². The number of aromatic nitrogens is 1. The third kappa shape index (κ3) is 6.40. The maximum absolute atomic E-state index is 13.3. The number of halogens is 2. The zero-order valence-electron chi connectivity index (χ0n) is 19.0. The second-order valence-electron chi connectivity index (χ2n) is 7.83. The van der Waals surface area contributed by atoms with E-state index in [-0.39, 0.29) is 11.7 Å². The summed E-state index contributed by atoms with van der Waals surface area (Å²) in [6.45, 7) is 4.43. The predicted molar refractivity (Wildman–Crippen MR) is 137 cm³/mol. The molecule has 2 aromatic carbocycles. The number of benzene rings is 2. The molecule has 0 saturated carbocycles. The van der Waals surface area contributed by atoms with Crippen LogP contribution < -0.4 is 9.64 Å². The minimum absolute atomic E-state index is 0.0297. The van der Waals surface area contributed by atoms with E-state index >= 15 is 0 Å². The number of carbonyl (C=O) groups is 1. The molecule has 34 heavy (non-hydrogen) atoms. The second kappa shape index (κ2) is 12.2. The summed E-state index contributed by atoms with van der Waals surface area (Å²) in [5.41, 5.74) is 0.672.